The van der Waals surface area contributed by atoms with E-state index in [4.69, 9.17) is 9.47 Å². The van der Waals surface area contributed by atoms with Crippen LogP contribution in [0.15, 0.2) is 35.2 Å². The van der Waals surface area contributed by atoms with E-state index in [0.29, 0.717) is 17.3 Å². The molecule has 0 unspecified atom stereocenters. The molecule has 3 nitrogen and oxygen atoms in total. The Kier molecular flexibility index (Phi) is 3.51. The van der Waals surface area contributed by atoms with Crippen molar-refractivity contribution in [3.05, 3.63) is 40.8 Å². The molecule has 16 heavy (non-hydrogen) atoms. The number of benzene rings is 1. The molecular formula is C12H12O3S. The van der Waals surface area contributed by atoms with Crippen molar-refractivity contribution >= 4 is 23.5 Å². The van der Waals surface area contributed by atoms with Crippen molar-refractivity contribution in [1.82, 2.24) is 0 Å². The summed E-state index contributed by atoms with van der Waals surface area (Å²) in [5.74, 6) is 1.08. The maximum Gasteiger partial charge on any atom is 0.348 e. The fourth-order valence-electron chi connectivity index (χ4n) is 1.47. The Balaban J connectivity index is 2.41. The van der Waals surface area contributed by atoms with E-state index in [0.717, 1.165) is 11.3 Å². The van der Waals surface area contributed by atoms with Gasteiger partial charge < -0.3 is 9.47 Å². The van der Waals surface area contributed by atoms with Crippen molar-refractivity contribution in [2.75, 3.05) is 19.5 Å². The molecule has 1 aromatic carbocycles. The van der Waals surface area contributed by atoms with Crippen LogP contribution in [0.4, 0.5) is 0 Å². The molecule has 0 saturated carbocycles. The quantitative estimate of drug-likeness (QED) is 0.738. The van der Waals surface area contributed by atoms with Crippen molar-refractivity contribution < 1.29 is 14.3 Å². The molecule has 1 aromatic rings. The standard InChI is InChI=1S/C12H12O3S/c1-14-12(13)11-10(15-7-8-16-11)9-5-3-2-4-6-9/h2-6H,7-8H2,1H3. The fraction of sp³-hybridized carbons (Fsp3) is 0.250. The monoisotopic (exact) mass is 236 g/mol. The summed E-state index contributed by atoms with van der Waals surface area (Å²) < 4.78 is 10.3. The summed E-state index contributed by atoms with van der Waals surface area (Å²) in [6.45, 7) is 0.620. The highest BCUT2D eigenvalue weighted by molar-refractivity contribution is 8.04. The van der Waals surface area contributed by atoms with Crippen molar-refractivity contribution in [1.29, 1.82) is 0 Å². The molecule has 0 fully saturated rings. The van der Waals surface area contributed by atoms with Gasteiger partial charge in [0.1, 0.15) is 10.7 Å². The molecule has 0 bridgehead atoms. The lowest BCUT2D eigenvalue weighted by Gasteiger charge is -2.19. The zero-order valence-corrected chi connectivity index (χ0v) is 9.75. The summed E-state index contributed by atoms with van der Waals surface area (Å²) >= 11 is 1.48. The van der Waals surface area contributed by atoms with E-state index in [2.05, 4.69) is 0 Å². The maximum absolute atomic E-state index is 11.6. The van der Waals surface area contributed by atoms with E-state index in [1.165, 1.54) is 18.9 Å². The number of carbonyl (C=O) groups is 1. The van der Waals surface area contributed by atoms with Crippen LogP contribution in [0.1, 0.15) is 5.56 Å². The molecule has 2 rings (SSSR count). The van der Waals surface area contributed by atoms with Crippen molar-refractivity contribution in [2.24, 2.45) is 0 Å². The van der Waals surface area contributed by atoms with Crippen LogP contribution in [-0.4, -0.2) is 25.4 Å². The van der Waals surface area contributed by atoms with E-state index < -0.39 is 0 Å². The zero-order valence-electron chi connectivity index (χ0n) is 8.93. The molecule has 0 spiro atoms. The molecule has 1 heterocycles. The highest BCUT2D eigenvalue weighted by Gasteiger charge is 2.23. The first-order chi connectivity index (χ1) is 7.83. The lowest BCUT2D eigenvalue weighted by molar-refractivity contribution is -0.135. The van der Waals surface area contributed by atoms with E-state index in [-0.39, 0.29) is 5.97 Å². The summed E-state index contributed by atoms with van der Waals surface area (Å²) in [4.78, 5) is 12.1. The summed E-state index contributed by atoms with van der Waals surface area (Å²) in [6, 6.07) is 9.60. The Labute approximate surface area is 98.4 Å². The lowest BCUT2D eigenvalue weighted by atomic mass is 10.2. The van der Waals surface area contributed by atoms with Crippen LogP contribution in [-0.2, 0) is 14.3 Å². The average molecular weight is 236 g/mol. The molecule has 0 N–H and O–H groups in total. The van der Waals surface area contributed by atoms with Crippen LogP contribution in [0.25, 0.3) is 5.76 Å². The first-order valence-electron chi connectivity index (χ1n) is 4.96. The minimum Gasteiger partial charge on any atom is -0.491 e. The van der Waals surface area contributed by atoms with Gasteiger partial charge in [-0.05, 0) is 0 Å². The van der Waals surface area contributed by atoms with Gasteiger partial charge in [-0.3, -0.25) is 0 Å². The van der Waals surface area contributed by atoms with Crippen LogP contribution in [0.3, 0.4) is 0 Å². The number of methoxy groups -OCH3 is 1. The number of ether oxygens (including phenoxy) is 2. The van der Waals surface area contributed by atoms with Gasteiger partial charge in [0.25, 0.3) is 0 Å². The van der Waals surface area contributed by atoms with Crippen molar-refractivity contribution in [2.45, 2.75) is 0 Å². The highest BCUT2D eigenvalue weighted by Crippen LogP contribution is 2.32. The Bertz CT molecular complexity index is 412. The Morgan fingerprint density at radius 1 is 1.38 bits per heavy atom. The summed E-state index contributed by atoms with van der Waals surface area (Å²) in [5.41, 5.74) is 0.912. The van der Waals surface area contributed by atoms with Gasteiger partial charge in [0.2, 0.25) is 0 Å². The van der Waals surface area contributed by atoms with Crippen LogP contribution in [0.2, 0.25) is 0 Å². The molecular weight excluding hydrogens is 224 g/mol. The molecule has 0 saturated heterocycles. The molecule has 1 aliphatic heterocycles. The molecule has 1 aliphatic rings. The lowest BCUT2D eigenvalue weighted by Crippen LogP contribution is -2.13. The minimum atomic E-state index is -0.330. The number of hydrogen-bond donors (Lipinski definition) is 0. The summed E-state index contributed by atoms with van der Waals surface area (Å²) in [6.07, 6.45) is 0. The van der Waals surface area contributed by atoms with Gasteiger partial charge in [-0.2, -0.15) is 0 Å². The van der Waals surface area contributed by atoms with E-state index in [9.17, 15) is 4.79 Å². The molecule has 84 valence electrons. The molecule has 0 amide bonds. The highest BCUT2D eigenvalue weighted by atomic mass is 32.2. The molecule has 4 heteroatoms. The van der Waals surface area contributed by atoms with Gasteiger partial charge >= 0.3 is 5.97 Å². The third-order valence-corrected chi connectivity index (χ3v) is 3.20. The largest absolute Gasteiger partial charge is 0.491 e. The second kappa shape index (κ2) is 5.07. The Morgan fingerprint density at radius 3 is 2.81 bits per heavy atom. The third kappa shape index (κ3) is 2.22. The van der Waals surface area contributed by atoms with Crippen molar-refractivity contribution in [3.8, 4) is 0 Å². The van der Waals surface area contributed by atoms with Gasteiger partial charge in [-0.25, -0.2) is 4.79 Å². The molecule has 0 atom stereocenters. The van der Waals surface area contributed by atoms with Crippen LogP contribution in [0, 0.1) is 0 Å². The Morgan fingerprint density at radius 2 is 2.12 bits per heavy atom. The average Bonchev–Trinajstić information content (AvgIpc) is 2.39. The zero-order chi connectivity index (χ0) is 11.4. The van der Waals surface area contributed by atoms with E-state index >= 15 is 0 Å². The number of hydrogen-bond acceptors (Lipinski definition) is 4. The number of thioether (sulfide) groups is 1. The number of carbonyl (C=O) groups excluding carboxylic acids is 1. The van der Waals surface area contributed by atoms with Crippen LogP contribution < -0.4 is 0 Å². The summed E-state index contributed by atoms with van der Waals surface area (Å²) in [7, 11) is 1.38. The van der Waals surface area contributed by atoms with Gasteiger partial charge in [-0.1, -0.05) is 30.3 Å². The normalized spacial score (nSPS) is 15.6. The second-order valence-corrected chi connectivity index (χ2v) is 4.32. The summed E-state index contributed by atoms with van der Waals surface area (Å²) in [5, 5.41) is 0. The fourth-order valence-corrected chi connectivity index (χ4v) is 2.35. The van der Waals surface area contributed by atoms with Gasteiger partial charge in [-0.15, -0.1) is 11.8 Å². The predicted molar refractivity (Wildman–Crippen MR) is 63.8 cm³/mol. The third-order valence-electron chi connectivity index (χ3n) is 2.19. The van der Waals surface area contributed by atoms with E-state index in [1.807, 2.05) is 30.3 Å². The first kappa shape index (κ1) is 11.1. The molecule has 0 radical (unpaired) electrons. The van der Waals surface area contributed by atoms with Gasteiger partial charge in [0.05, 0.1) is 13.7 Å². The van der Waals surface area contributed by atoms with E-state index in [1.54, 1.807) is 0 Å². The van der Waals surface area contributed by atoms with Crippen molar-refractivity contribution in [3.63, 3.8) is 0 Å². The smallest absolute Gasteiger partial charge is 0.348 e. The van der Waals surface area contributed by atoms with Crippen LogP contribution in [0.5, 0.6) is 0 Å². The topological polar surface area (TPSA) is 35.5 Å². The maximum atomic E-state index is 11.6. The van der Waals surface area contributed by atoms with Gasteiger partial charge in [0, 0.05) is 11.3 Å². The molecule has 0 aliphatic carbocycles. The number of esters is 1. The minimum absolute atomic E-state index is 0.330. The Hall–Kier alpha value is -1.42. The SMILES string of the molecule is COC(=O)C1=C(c2ccccc2)OCCS1. The predicted octanol–water partition coefficient (Wildman–Crippen LogP) is 2.29. The van der Waals surface area contributed by atoms with Gasteiger partial charge in [0.15, 0.2) is 0 Å². The first-order valence-corrected chi connectivity index (χ1v) is 5.95. The molecule has 0 aromatic heterocycles. The second-order valence-electron chi connectivity index (χ2n) is 3.21. The van der Waals surface area contributed by atoms with Crippen LogP contribution >= 0.6 is 11.8 Å². The number of rotatable bonds is 2.